The molecule has 0 saturated heterocycles. The van der Waals surface area contributed by atoms with E-state index in [0.29, 0.717) is 44.0 Å². The van der Waals surface area contributed by atoms with Crippen LogP contribution >= 0.6 is 0 Å². The van der Waals surface area contributed by atoms with Crippen LogP contribution in [-0.4, -0.2) is 48.4 Å². The number of pyridine rings is 1. The summed E-state index contributed by atoms with van der Waals surface area (Å²) >= 11 is 0. The van der Waals surface area contributed by atoms with E-state index in [2.05, 4.69) is 15.6 Å². The van der Waals surface area contributed by atoms with Gasteiger partial charge in [-0.25, -0.2) is 9.37 Å². The molecule has 3 heterocycles. The number of amides is 2. The van der Waals surface area contributed by atoms with E-state index in [1.54, 1.807) is 36.4 Å². The van der Waals surface area contributed by atoms with Crippen molar-refractivity contribution in [2.24, 2.45) is 0 Å². The van der Waals surface area contributed by atoms with Crippen LogP contribution in [0.25, 0.3) is 11.6 Å². The number of nitrogens with one attached hydrogen (secondary N) is 2. The maximum atomic E-state index is 13.8. The molecule has 0 atom stereocenters. The molecular weight excluding hydrogens is 411 g/mol. The highest BCUT2D eigenvalue weighted by Gasteiger charge is 2.18. The average molecular weight is 436 g/mol. The summed E-state index contributed by atoms with van der Waals surface area (Å²) in [5, 5.41) is 5.80. The van der Waals surface area contributed by atoms with Crippen molar-refractivity contribution in [1.82, 2.24) is 15.2 Å². The molecule has 2 N–H and O–H groups in total. The van der Waals surface area contributed by atoms with Crippen molar-refractivity contribution in [3.8, 4) is 5.75 Å². The van der Waals surface area contributed by atoms with Crippen LogP contribution < -0.4 is 15.4 Å². The molecule has 0 unspecified atom stereocenters. The standard InChI is InChI=1S/C24H25FN4O3/c1-32-21-6-5-19(25)12-20(21)17-3-2-9-29(10-8-17)23(31)7-4-16-11-18-14-26-15-22(30)28-24(18)27-13-16/h3-7,11-13,26H,2,8-10,14-15H2,1H3,(H,27,28,30). The minimum absolute atomic E-state index is 0.0905. The molecule has 7 nitrogen and oxygen atoms in total. The minimum Gasteiger partial charge on any atom is -0.496 e. The Kier molecular flexibility index (Phi) is 6.61. The van der Waals surface area contributed by atoms with Crippen LogP contribution in [0.5, 0.6) is 5.75 Å². The van der Waals surface area contributed by atoms with Gasteiger partial charge >= 0.3 is 0 Å². The largest absolute Gasteiger partial charge is 0.496 e. The molecule has 0 aliphatic carbocycles. The predicted octanol–water partition coefficient (Wildman–Crippen LogP) is 2.99. The molecule has 2 aliphatic rings. The van der Waals surface area contributed by atoms with Gasteiger partial charge in [-0.3, -0.25) is 9.59 Å². The molecule has 0 radical (unpaired) electrons. The first-order chi connectivity index (χ1) is 15.5. The van der Waals surface area contributed by atoms with Gasteiger partial charge in [0.1, 0.15) is 17.4 Å². The van der Waals surface area contributed by atoms with Crippen LogP contribution in [0, 0.1) is 5.82 Å². The zero-order valence-corrected chi connectivity index (χ0v) is 17.9. The Balaban J connectivity index is 1.41. The van der Waals surface area contributed by atoms with Crippen molar-refractivity contribution in [3.05, 3.63) is 65.1 Å². The van der Waals surface area contributed by atoms with Gasteiger partial charge in [0, 0.05) is 43.0 Å². The number of rotatable bonds is 4. The van der Waals surface area contributed by atoms with Gasteiger partial charge in [0.25, 0.3) is 0 Å². The molecular formula is C24H25FN4O3. The summed E-state index contributed by atoms with van der Waals surface area (Å²) in [5.74, 6) is 0.638. The third-order valence-corrected chi connectivity index (χ3v) is 5.52. The van der Waals surface area contributed by atoms with Crippen LogP contribution in [0.1, 0.15) is 29.5 Å². The third kappa shape index (κ3) is 5.03. The Bertz CT molecular complexity index is 1100. The van der Waals surface area contributed by atoms with Crippen molar-refractivity contribution in [2.75, 3.05) is 32.1 Å². The first-order valence-corrected chi connectivity index (χ1v) is 10.5. The molecule has 166 valence electrons. The minimum atomic E-state index is -0.314. The Morgan fingerprint density at radius 2 is 2.12 bits per heavy atom. The van der Waals surface area contributed by atoms with Gasteiger partial charge < -0.3 is 20.3 Å². The van der Waals surface area contributed by atoms with Crippen molar-refractivity contribution in [3.63, 3.8) is 0 Å². The number of methoxy groups -OCH3 is 1. The monoisotopic (exact) mass is 436 g/mol. The predicted molar refractivity (Wildman–Crippen MR) is 120 cm³/mol. The quantitative estimate of drug-likeness (QED) is 0.720. The topological polar surface area (TPSA) is 83.6 Å². The normalized spacial score (nSPS) is 16.6. The Labute approximate surface area is 186 Å². The van der Waals surface area contributed by atoms with E-state index in [1.165, 1.54) is 12.1 Å². The maximum Gasteiger partial charge on any atom is 0.246 e. The lowest BCUT2D eigenvalue weighted by molar-refractivity contribution is -0.125. The SMILES string of the molecule is COc1ccc(F)cc1C1=CCCN(C(=O)C=Cc2cnc3c(c2)CNCC(=O)N3)CC1. The number of fused-ring (bicyclic) bond motifs is 1. The lowest BCUT2D eigenvalue weighted by atomic mass is 10.0. The summed E-state index contributed by atoms with van der Waals surface area (Å²) in [7, 11) is 1.57. The zero-order valence-electron chi connectivity index (χ0n) is 17.9. The summed E-state index contributed by atoms with van der Waals surface area (Å²) < 4.78 is 19.1. The Morgan fingerprint density at radius 3 is 2.97 bits per heavy atom. The lowest BCUT2D eigenvalue weighted by Crippen LogP contribution is -2.30. The van der Waals surface area contributed by atoms with E-state index in [-0.39, 0.29) is 24.2 Å². The summed E-state index contributed by atoms with van der Waals surface area (Å²) in [6.07, 6.45) is 8.25. The number of halogens is 1. The molecule has 1 aromatic heterocycles. The second kappa shape index (κ2) is 9.74. The van der Waals surface area contributed by atoms with Crippen LogP contribution in [-0.2, 0) is 16.1 Å². The average Bonchev–Trinajstić information content (AvgIpc) is 3.15. The smallest absolute Gasteiger partial charge is 0.246 e. The molecule has 4 rings (SSSR count). The maximum absolute atomic E-state index is 13.8. The third-order valence-electron chi connectivity index (χ3n) is 5.52. The number of hydrogen-bond donors (Lipinski definition) is 2. The number of hydrogen-bond acceptors (Lipinski definition) is 5. The van der Waals surface area contributed by atoms with Crippen molar-refractivity contribution < 1.29 is 18.7 Å². The van der Waals surface area contributed by atoms with Gasteiger partial charge in [0.2, 0.25) is 11.8 Å². The Hall–Kier alpha value is -3.52. The van der Waals surface area contributed by atoms with Crippen LogP contribution in [0.15, 0.2) is 42.6 Å². The van der Waals surface area contributed by atoms with E-state index in [4.69, 9.17) is 4.74 Å². The first kappa shape index (κ1) is 21.7. The van der Waals surface area contributed by atoms with Gasteiger partial charge in [-0.05, 0) is 54.3 Å². The molecule has 2 aromatic rings. The first-order valence-electron chi connectivity index (χ1n) is 10.5. The van der Waals surface area contributed by atoms with Crippen molar-refractivity contribution in [2.45, 2.75) is 19.4 Å². The fourth-order valence-electron chi connectivity index (χ4n) is 3.89. The van der Waals surface area contributed by atoms with E-state index in [0.717, 1.165) is 22.3 Å². The highest BCUT2D eigenvalue weighted by Crippen LogP contribution is 2.31. The van der Waals surface area contributed by atoms with Crippen LogP contribution in [0.4, 0.5) is 10.2 Å². The highest BCUT2D eigenvalue weighted by molar-refractivity contribution is 5.93. The molecule has 8 heteroatoms. The van der Waals surface area contributed by atoms with Gasteiger partial charge in [0.15, 0.2) is 0 Å². The molecule has 0 spiro atoms. The van der Waals surface area contributed by atoms with Crippen LogP contribution in [0.2, 0.25) is 0 Å². The summed E-state index contributed by atoms with van der Waals surface area (Å²) in [5.41, 5.74) is 3.37. The van der Waals surface area contributed by atoms with E-state index >= 15 is 0 Å². The van der Waals surface area contributed by atoms with E-state index < -0.39 is 0 Å². The lowest BCUT2D eigenvalue weighted by Gasteiger charge is -2.19. The molecule has 0 fully saturated rings. The number of carbonyl (C=O) groups excluding carboxylic acids is 2. The van der Waals surface area contributed by atoms with Gasteiger partial charge in [-0.15, -0.1) is 0 Å². The fraction of sp³-hybridized carbons (Fsp3) is 0.292. The molecule has 2 aliphatic heterocycles. The van der Waals surface area contributed by atoms with Crippen LogP contribution in [0.3, 0.4) is 0 Å². The molecule has 2 amide bonds. The highest BCUT2D eigenvalue weighted by atomic mass is 19.1. The number of aromatic nitrogens is 1. The molecule has 0 saturated carbocycles. The number of carbonyl (C=O) groups is 2. The van der Waals surface area contributed by atoms with Gasteiger partial charge in [0.05, 0.1) is 13.7 Å². The fourth-order valence-corrected chi connectivity index (χ4v) is 3.89. The zero-order chi connectivity index (χ0) is 22.5. The number of ether oxygens (including phenoxy) is 1. The van der Waals surface area contributed by atoms with Gasteiger partial charge in [-0.1, -0.05) is 6.08 Å². The number of nitrogens with zero attached hydrogens (tertiary/aromatic N) is 2. The van der Waals surface area contributed by atoms with E-state index in [9.17, 15) is 14.0 Å². The summed E-state index contributed by atoms with van der Waals surface area (Å²) in [4.78, 5) is 30.5. The molecule has 0 bridgehead atoms. The summed E-state index contributed by atoms with van der Waals surface area (Å²) in [6, 6.07) is 6.38. The summed E-state index contributed by atoms with van der Waals surface area (Å²) in [6.45, 7) is 1.89. The second-order valence-corrected chi connectivity index (χ2v) is 7.70. The molecule has 1 aromatic carbocycles. The van der Waals surface area contributed by atoms with Gasteiger partial charge in [-0.2, -0.15) is 0 Å². The second-order valence-electron chi connectivity index (χ2n) is 7.70. The number of anilines is 1. The van der Waals surface area contributed by atoms with E-state index in [1.807, 2.05) is 12.1 Å². The molecule has 32 heavy (non-hydrogen) atoms. The van der Waals surface area contributed by atoms with Crippen molar-refractivity contribution in [1.29, 1.82) is 0 Å². The van der Waals surface area contributed by atoms with Crippen molar-refractivity contribution >= 4 is 29.3 Å². The number of benzene rings is 1. The Morgan fingerprint density at radius 1 is 1.25 bits per heavy atom.